The number of aromatic nitrogens is 1. The van der Waals surface area contributed by atoms with Crippen molar-refractivity contribution in [3.05, 3.63) is 17.5 Å². The molecule has 1 fully saturated rings. The number of hydrogen-bond donors (Lipinski definition) is 1. The average molecular weight is 260 g/mol. The molecule has 5 heteroatoms. The summed E-state index contributed by atoms with van der Waals surface area (Å²) in [6, 6.07) is 2.69. The second kappa shape index (κ2) is 6.99. The van der Waals surface area contributed by atoms with Crippen LogP contribution in [0.4, 0.5) is 0 Å². The number of hydrogen-bond acceptors (Lipinski definition) is 4. The highest BCUT2D eigenvalue weighted by atomic mass is 35.5. The number of rotatable bonds is 3. The van der Waals surface area contributed by atoms with Crippen molar-refractivity contribution in [2.75, 3.05) is 20.1 Å². The molecule has 4 nitrogen and oxygen atoms in total. The fourth-order valence-corrected chi connectivity index (χ4v) is 2.31. The molecular formula is C12H22ClN3O. The summed E-state index contributed by atoms with van der Waals surface area (Å²) in [5.41, 5.74) is 0.964. The lowest BCUT2D eigenvalue weighted by molar-refractivity contribution is 0.193. The minimum atomic E-state index is 0. The molecule has 1 atom stereocenters. The molecule has 0 amide bonds. The van der Waals surface area contributed by atoms with E-state index in [0.717, 1.165) is 31.1 Å². The Morgan fingerprint density at radius 1 is 1.47 bits per heavy atom. The lowest BCUT2D eigenvalue weighted by atomic mass is 10.1. The summed E-state index contributed by atoms with van der Waals surface area (Å²) in [5.74, 6) is 0.970. The van der Waals surface area contributed by atoms with Crippen LogP contribution in [-0.4, -0.2) is 36.2 Å². The second-order valence-electron chi connectivity index (χ2n) is 4.68. The van der Waals surface area contributed by atoms with Gasteiger partial charge in [0.2, 0.25) is 0 Å². The molecule has 0 radical (unpaired) electrons. The maximum absolute atomic E-state index is 5.25. The Kier molecular flexibility index (Phi) is 5.95. The van der Waals surface area contributed by atoms with Gasteiger partial charge in [-0.3, -0.25) is 4.90 Å². The van der Waals surface area contributed by atoms with E-state index < -0.39 is 0 Å². The second-order valence-corrected chi connectivity index (χ2v) is 4.68. The Morgan fingerprint density at radius 2 is 2.29 bits per heavy atom. The molecule has 1 aliphatic rings. The van der Waals surface area contributed by atoms with E-state index >= 15 is 0 Å². The zero-order chi connectivity index (χ0) is 11.4. The fraction of sp³-hybridized carbons (Fsp3) is 0.750. The van der Waals surface area contributed by atoms with Crippen molar-refractivity contribution in [2.45, 2.75) is 38.8 Å². The molecule has 1 aliphatic heterocycles. The molecule has 0 spiro atoms. The molecule has 98 valence electrons. The number of nitrogens with zero attached hydrogens (tertiary/aromatic N) is 2. The van der Waals surface area contributed by atoms with Gasteiger partial charge in [-0.05, 0) is 46.3 Å². The van der Waals surface area contributed by atoms with Gasteiger partial charge in [0.15, 0.2) is 5.76 Å². The molecule has 2 heterocycles. The molecule has 0 saturated carbocycles. The molecule has 1 unspecified atom stereocenters. The van der Waals surface area contributed by atoms with E-state index in [-0.39, 0.29) is 12.4 Å². The third kappa shape index (κ3) is 4.30. The van der Waals surface area contributed by atoms with Gasteiger partial charge >= 0.3 is 0 Å². The van der Waals surface area contributed by atoms with Gasteiger partial charge in [-0.1, -0.05) is 5.16 Å². The fourth-order valence-electron chi connectivity index (χ4n) is 2.31. The summed E-state index contributed by atoms with van der Waals surface area (Å²) in [4.78, 5) is 2.38. The topological polar surface area (TPSA) is 41.3 Å². The highest BCUT2D eigenvalue weighted by Gasteiger charge is 2.17. The molecule has 0 bridgehead atoms. The summed E-state index contributed by atoms with van der Waals surface area (Å²) in [6.07, 6.45) is 3.77. The van der Waals surface area contributed by atoms with Crippen molar-refractivity contribution in [3.63, 3.8) is 0 Å². The van der Waals surface area contributed by atoms with Crippen LogP contribution >= 0.6 is 12.4 Å². The lowest BCUT2D eigenvalue weighted by Crippen LogP contribution is -2.31. The zero-order valence-electron chi connectivity index (χ0n) is 10.6. The summed E-state index contributed by atoms with van der Waals surface area (Å²) < 4.78 is 5.25. The first-order chi connectivity index (χ1) is 7.75. The van der Waals surface area contributed by atoms with Gasteiger partial charge in [0.1, 0.15) is 0 Å². The van der Waals surface area contributed by atoms with Gasteiger partial charge < -0.3 is 9.84 Å². The lowest BCUT2D eigenvalue weighted by Gasteiger charge is -2.25. The van der Waals surface area contributed by atoms with Crippen LogP contribution in [0.15, 0.2) is 10.6 Å². The van der Waals surface area contributed by atoms with Crippen molar-refractivity contribution >= 4 is 12.4 Å². The Morgan fingerprint density at radius 3 is 3.00 bits per heavy atom. The van der Waals surface area contributed by atoms with Gasteiger partial charge in [-0.15, -0.1) is 12.4 Å². The van der Waals surface area contributed by atoms with E-state index in [1.54, 1.807) is 0 Å². The molecule has 1 N–H and O–H groups in total. The Labute approximate surface area is 109 Å². The third-order valence-electron chi connectivity index (χ3n) is 3.25. The van der Waals surface area contributed by atoms with Crippen molar-refractivity contribution in [1.82, 2.24) is 15.4 Å². The highest BCUT2D eigenvalue weighted by Crippen LogP contribution is 2.15. The van der Waals surface area contributed by atoms with Crippen LogP contribution in [0.25, 0.3) is 0 Å². The van der Waals surface area contributed by atoms with Crippen LogP contribution in [0, 0.1) is 6.92 Å². The molecule has 0 aliphatic carbocycles. The van der Waals surface area contributed by atoms with E-state index in [9.17, 15) is 0 Å². The normalized spacial score (nSPS) is 21.0. The first-order valence-corrected chi connectivity index (χ1v) is 6.09. The first kappa shape index (κ1) is 14.5. The third-order valence-corrected chi connectivity index (χ3v) is 3.25. The van der Waals surface area contributed by atoms with Crippen molar-refractivity contribution in [1.29, 1.82) is 0 Å². The molecule has 0 aromatic carbocycles. The van der Waals surface area contributed by atoms with Gasteiger partial charge in [0.05, 0.1) is 12.2 Å². The molecule has 1 saturated heterocycles. The standard InChI is InChI=1S/C12H21N3O.ClH/c1-10-8-12(16-14-10)9-15(2)11-4-3-6-13-7-5-11;/h8,11,13H,3-7,9H2,1-2H3;1H. The quantitative estimate of drug-likeness (QED) is 0.901. The zero-order valence-corrected chi connectivity index (χ0v) is 11.4. The highest BCUT2D eigenvalue weighted by molar-refractivity contribution is 5.85. The van der Waals surface area contributed by atoms with Crippen LogP contribution < -0.4 is 5.32 Å². The predicted molar refractivity (Wildman–Crippen MR) is 70.5 cm³/mol. The van der Waals surface area contributed by atoms with Gasteiger partial charge in [-0.2, -0.15) is 0 Å². The Bertz CT molecular complexity index is 321. The SMILES string of the molecule is Cc1cc(CN(C)C2CCCNCC2)on1.Cl. The molecule has 2 rings (SSSR count). The summed E-state index contributed by atoms with van der Waals surface area (Å²) in [5, 5.41) is 7.36. The smallest absolute Gasteiger partial charge is 0.150 e. The predicted octanol–water partition coefficient (Wildman–Crippen LogP) is 1.98. The Balaban J connectivity index is 0.00000144. The average Bonchev–Trinajstić information content (AvgIpc) is 2.56. The summed E-state index contributed by atoms with van der Waals surface area (Å²) >= 11 is 0. The van der Waals surface area contributed by atoms with Gasteiger partial charge in [-0.25, -0.2) is 0 Å². The molecule has 1 aromatic rings. The van der Waals surface area contributed by atoms with Crippen molar-refractivity contribution in [2.24, 2.45) is 0 Å². The molecular weight excluding hydrogens is 238 g/mol. The van der Waals surface area contributed by atoms with Crippen LogP contribution in [0.1, 0.15) is 30.7 Å². The number of halogens is 1. The van der Waals surface area contributed by atoms with E-state index in [1.165, 1.54) is 19.3 Å². The van der Waals surface area contributed by atoms with Crippen LogP contribution in [0.2, 0.25) is 0 Å². The van der Waals surface area contributed by atoms with E-state index in [1.807, 2.05) is 13.0 Å². The maximum atomic E-state index is 5.25. The minimum Gasteiger partial charge on any atom is -0.360 e. The van der Waals surface area contributed by atoms with Crippen LogP contribution in [0.5, 0.6) is 0 Å². The van der Waals surface area contributed by atoms with Gasteiger partial charge in [0.25, 0.3) is 0 Å². The van der Waals surface area contributed by atoms with Crippen LogP contribution in [-0.2, 0) is 6.54 Å². The first-order valence-electron chi connectivity index (χ1n) is 6.09. The summed E-state index contributed by atoms with van der Waals surface area (Å²) in [7, 11) is 2.17. The maximum Gasteiger partial charge on any atom is 0.150 e. The van der Waals surface area contributed by atoms with E-state index in [2.05, 4.69) is 22.4 Å². The summed E-state index contributed by atoms with van der Waals surface area (Å²) in [6.45, 7) is 5.12. The monoisotopic (exact) mass is 259 g/mol. The van der Waals surface area contributed by atoms with Gasteiger partial charge in [0, 0.05) is 12.1 Å². The van der Waals surface area contributed by atoms with Crippen molar-refractivity contribution < 1.29 is 4.52 Å². The number of nitrogens with one attached hydrogen (secondary N) is 1. The Hall–Kier alpha value is -0.580. The minimum absolute atomic E-state index is 0. The number of aryl methyl sites for hydroxylation is 1. The molecule has 1 aromatic heterocycles. The van der Waals surface area contributed by atoms with E-state index in [0.29, 0.717) is 6.04 Å². The van der Waals surface area contributed by atoms with Crippen molar-refractivity contribution in [3.8, 4) is 0 Å². The van der Waals surface area contributed by atoms with Crippen LogP contribution in [0.3, 0.4) is 0 Å². The van der Waals surface area contributed by atoms with E-state index in [4.69, 9.17) is 4.52 Å². The molecule has 17 heavy (non-hydrogen) atoms. The largest absolute Gasteiger partial charge is 0.360 e.